The molecular weight excluding hydrogens is 440 g/mol. The molecule has 1 N–H and O–H groups in total. The minimum atomic E-state index is -1.88. The van der Waals surface area contributed by atoms with Crippen LogP contribution >= 0.6 is 0 Å². The molecule has 5 rings (SSSR count). The Morgan fingerprint density at radius 1 is 1.26 bits per heavy atom. The summed E-state index contributed by atoms with van der Waals surface area (Å²) in [6.07, 6.45) is -0.748. The summed E-state index contributed by atoms with van der Waals surface area (Å²) in [5.74, 6) is -0.468. The summed E-state index contributed by atoms with van der Waals surface area (Å²) in [5, 5.41) is 11.6. The van der Waals surface area contributed by atoms with E-state index in [1.54, 1.807) is 56.5 Å². The van der Waals surface area contributed by atoms with Crippen molar-refractivity contribution < 1.29 is 28.9 Å². The SMILES string of the molecule is CC[C@@]1(O)C(=O)OCc2c1cc1n(c2=O)Cc2cc3c(OC(=O)OC(C)(C)C)cccc3nc2-1. The largest absolute Gasteiger partial charge is 0.514 e. The molecule has 2 aliphatic heterocycles. The normalized spacial score (nSPS) is 18.7. The van der Waals surface area contributed by atoms with Crippen molar-refractivity contribution in [2.75, 3.05) is 0 Å². The molecule has 0 saturated carbocycles. The molecule has 176 valence electrons. The van der Waals surface area contributed by atoms with Gasteiger partial charge in [0.15, 0.2) is 5.60 Å². The number of aliphatic hydroxyl groups is 1. The fourth-order valence-electron chi connectivity index (χ4n) is 4.42. The van der Waals surface area contributed by atoms with Crippen molar-refractivity contribution in [2.45, 2.75) is 58.5 Å². The zero-order valence-corrected chi connectivity index (χ0v) is 19.3. The van der Waals surface area contributed by atoms with E-state index in [0.29, 0.717) is 28.0 Å². The van der Waals surface area contributed by atoms with Crippen molar-refractivity contribution in [2.24, 2.45) is 0 Å². The van der Waals surface area contributed by atoms with Crippen molar-refractivity contribution >= 4 is 23.0 Å². The van der Waals surface area contributed by atoms with E-state index in [9.17, 15) is 19.5 Å². The number of cyclic esters (lactones) is 1. The van der Waals surface area contributed by atoms with Gasteiger partial charge in [-0.1, -0.05) is 13.0 Å². The van der Waals surface area contributed by atoms with Gasteiger partial charge in [-0.15, -0.1) is 0 Å². The number of rotatable bonds is 2. The molecular formula is C25H24N2O7. The first kappa shape index (κ1) is 22.1. The van der Waals surface area contributed by atoms with Crippen LogP contribution in [0, 0.1) is 0 Å². The molecule has 0 amide bonds. The van der Waals surface area contributed by atoms with Gasteiger partial charge in [0.25, 0.3) is 5.56 Å². The predicted molar refractivity (Wildman–Crippen MR) is 121 cm³/mol. The quantitative estimate of drug-likeness (QED) is 0.354. The van der Waals surface area contributed by atoms with Crippen molar-refractivity contribution in [1.29, 1.82) is 0 Å². The van der Waals surface area contributed by atoms with Crippen LogP contribution in [0.25, 0.3) is 22.3 Å². The smallest absolute Gasteiger partial charge is 0.458 e. The monoisotopic (exact) mass is 464 g/mol. The summed E-state index contributed by atoms with van der Waals surface area (Å²) in [4.78, 5) is 42.5. The third-order valence-corrected chi connectivity index (χ3v) is 6.09. The van der Waals surface area contributed by atoms with Gasteiger partial charge in [-0.3, -0.25) is 4.79 Å². The number of ether oxygens (including phenoxy) is 3. The van der Waals surface area contributed by atoms with Gasteiger partial charge >= 0.3 is 12.1 Å². The first-order chi connectivity index (χ1) is 16.0. The van der Waals surface area contributed by atoms with Crippen LogP contribution in [0.2, 0.25) is 0 Å². The lowest BCUT2D eigenvalue weighted by atomic mass is 9.86. The van der Waals surface area contributed by atoms with Crippen LogP contribution in [0.4, 0.5) is 4.79 Å². The average molecular weight is 464 g/mol. The molecule has 1 atom stereocenters. The summed E-state index contributed by atoms with van der Waals surface area (Å²) in [7, 11) is 0. The fourth-order valence-corrected chi connectivity index (χ4v) is 4.42. The number of esters is 1. The van der Waals surface area contributed by atoms with Crippen LogP contribution in [0.1, 0.15) is 50.8 Å². The standard InChI is InChI=1S/C25H24N2O7/c1-5-25(31)16-10-18-20-13(11-27(18)21(28)15(16)12-32-22(25)29)9-14-17(26-20)7-6-8-19(14)33-23(30)34-24(2,3)4/h6-10,31H,5,11-12H2,1-4H3/t25-/m0/s1. The van der Waals surface area contributed by atoms with Gasteiger partial charge in [0.1, 0.15) is 18.0 Å². The molecule has 0 aliphatic carbocycles. The number of fused-ring (bicyclic) bond motifs is 5. The zero-order valence-electron chi connectivity index (χ0n) is 19.3. The van der Waals surface area contributed by atoms with Gasteiger partial charge in [-0.05, 0) is 51.5 Å². The number of nitrogens with zero attached hydrogens (tertiary/aromatic N) is 2. The Balaban J connectivity index is 1.62. The van der Waals surface area contributed by atoms with E-state index in [4.69, 9.17) is 19.2 Å². The number of aromatic nitrogens is 2. The van der Waals surface area contributed by atoms with E-state index in [0.717, 1.165) is 5.56 Å². The highest BCUT2D eigenvalue weighted by Gasteiger charge is 2.45. The first-order valence-electron chi connectivity index (χ1n) is 11.0. The van der Waals surface area contributed by atoms with Crippen molar-refractivity contribution in [3.05, 3.63) is 57.4 Å². The second kappa shape index (κ2) is 7.39. The number of pyridine rings is 2. The number of carbonyl (C=O) groups is 2. The highest BCUT2D eigenvalue weighted by molar-refractivity contribution is 5.91. The van der Waals surface area contributed by atoms with Gasteiger partial charge in [0.2, 0.25) is 0 Å². The zero-order chi connectivity index (χ0) is 24.4. The molecule has 0 saturated heterocycles. The molecule has 3 aromatic rings. The molecule has 0 spiro atoms. The Hall–Kier alpha value is -3.72. The van der Waals surface area contributed by atoms with Gasteiger partial charge in [-0.2, -0.15) is 0 Å². The fraction of sp³-hybridized carbons (Fsp3) is 0.360. The number of hydrogen-bond acceptors (Lipinski definition) is 8. The molecule has 4 heterocycles. The van der Waals surface area contributed by atoms with Crippen LogP contribution in [0.5, 0.6) is 5.75 Å². The van der Waals surface area contributed by atoms with Crippen LogP contribution in [0.15, 0.2) is 35.1 Å². The van der Waals surface area contributed by atoms with Gasteiger partial charge in [0, 0.05) is 16.5 Å². The average Bonchev–Trinajstić information content (AvgIpc) is 3.12. The Labute approximate surface area is 194 Å². The second-order valence-electron chi connectivity index (χ2n) is 9.49. The lowest BCUT2D eigenvalue weighted by molar-refractivity contribution is -0.172. The molecule has 34 heavy (non-hydrogen) atoms. The molecule has 0 fully saturated rings. The predicted octanol–water partition coefficient (Wildman–Crippen LogP) is 3.39. The Morgan fingerprint density at radius 2 is 2.03 bits per heavy atom. The van der Waals surface area contributed by atoms with E-state index in [-0.39, 0.29) is 36.3 Å². The Morgan fingerprint density at radius 3 is 2.74 bits per heavy atom. The highest BCUT2D eigenvalue weighted by Crippen LogP contribution is 2.39. The van der Waals surface area contributed by atoms with Crippen LogP contribution in [-0.2, 0) is 33.0 Å². The van der Waals surface area contributed by atoms with Gasteiger partial charge in [0.05, 0.1) is 29.0 Å². The number of hydrogen-bond donors (Lipinski definition) is 1. The van der Waals surface area contributed by atoms with Crippen molar-refractivity contribution in [1.82, 2.24) is 9.55 Å². The highest BCUT2D eigenvalue weighted by atomic mass is 16.7. The van der Waals surface area contributed by atoms with E-state index < -0.39 is 23.3 Å². The van der Waals surface area contributed by atoms with Gasteiger partial charge < -0.3 is 23.9 Å². The summed E-state index contributed by atoms with van der Waals surface area (Å²) in [5.41, 5.74) is 0.00528. The van der Waals surface area contributed by atoms with E-state index in [2.05, 4.69) is 0 Å². The van der Waals surface area contributed by atoms with E-state index in [1.807, 2.05) is 6.07 Å². The summed E-state index contributed by atoms with van der Waals surface area (Å²) in [6, 6.07) is 8.62. The molecule has 0 radical (unpaired) electrons. The summed E-state index contributed by atoms with van der Waals surface area (Å²) in [6.45, 7) is 6.97. The lowest BCUT2D eigenvalue weighted by Gasteiger charge is -2.31. The molecule has 0 bridgehead atoms. The maximum absolute atomic E-state index is 13.3. The summed E-state index contributed by atoms with van der Waals surface area (Å²) >= 11 is 0. The van der Waals surface area contributed by atoms with E-state index >= 15 is 0 Å². The maximum Gasteiger partial charge on any atom is 0.514 e. The lowest BCUT2D eigenvalue weighted by Crippen LogP contribution is -2.44. The first-order valence-corrected chi connectivity index (χ1v) is 11.0. The minimum Gasteiger partial charge on any atom is -0.458 e. The Bertz CT molecular complexity index is 1430. The molecule has 1 aromatic carbocycles. The molecule has 2 aliphatic rings. The Kier molecular flexibility index (Phi) is 4.80. The second-order valence-corrected chi connectivity index (χ2v) is 9.49. The minimum absolute atomic E-state index is 0.0745. The van der Waals surface area contributed by atoms with E-state index in [1.165, 1.54) is 0 Å². The molecule has 0 unspecified atom stereocenters. The summed E-state index contributed by atoms with van der Waals surface area (Å²) < 4.78 is 17.4. The molecule has 9 nitrogen and oxygen atoms in total. The number of benzene rings is 1. The topological polar surface area (TPSA) is 117 Å². The van der Waals surface area contributed by atoms with Crippen molar-refractivity contribution in [3.8, 4) is 17.1 Å². The van der Waals surface area contributed by atoms with Crippen LogP contribution in [0.3, 0.4) is 0 Å². The number of carbonyl (C=O) groups excluding carboxylic acids is 2. The third kappa shape index (κ3) is 3.35. The maximum atomic E-state index is 13.3. The van der Waals surface area contributed by atoms with Crippen LogP contribution in [-0.4, -0.2) is 32.4 Å². The van der Waals surface area contributed by atoms with Crippen molar-refractivity contribution in [3.63, 3.8) is 0 Å². The molecule has 9 heteroatoms. The van der Waals surface area contributed by atoms with Crippen LogP contribution < -0.4 is 10.3 Å². The van der Waals surface area contributed by atoms with Gasteiger partial charge in [-0.25, -0.2) is 14.6 Å². The third-order valence-electron chi connectivity index (χ3n) is 6.09. The molecule has 2 aromatic heterocycles.